The van der Waals surface area contributed by atoms with Gasteiger partial charge >= 0.3 is 0 Å². The number of hydrogen-bond acceptors (Lipinski definition) is 4. The largest absolute Gasteiger partial charge is 0.372 e. The van der Waals surface area contributed by atoms with E-state index in [2.05, 4.69) is 66.4 Å². The zero-order chi connectivity index (χ0) is 19.6. The van der Waals surface area contributed by atoms with Gasteiger partial charge in [0.2, 0.25) is 0 Å². The van der Waals surface area contributed by atoms with Gasteiger partial charge in [0.05, 0.1) is 17.4 Å². The quantitative estimate of drug-likeness (QED) is 0.586. The van der Waals surface area contributed by atoms with Crippen molar-refractivity contribution < 1.29 is 4.79 Å². The lowest BCUT2D eigenvalue weighted by molar-refractivity contribution is 0.0952. The summed E-state index contributed by atoms with van der Waals surface area (Å²) in [7, 11) is 0. The Balaban J connectivity index is 2.06. The summed E-state index contributed by atoms with van der Waals surface area (Å²) in [6.07, 6.45) is 6.63. The first kappa shape index (κ1) is 20.7. The van der Waals surface area contributed by atoms with Crippen LogP contribution in [-0.2, 0) is 0 Å². The molecule has 0 atom stereocenters. The molecule has 2 rings (SSSR count). The highest BCUT2D eigenvalue weighted by atomic mass is 16.1. The van der Waals surface area contributed by atoms with Crippen LogP contribution < -0.4 is 15.5 Å². The summed E-state index contributed by atoms with van der Waals surface area (Å²) in [6.45, 7) is 11.2. The van der Waals surface area contributed by atoms with Crippen LogP contribution in [0, 0.1) is 6.92 Å². The molecule has 0 radical (unpaired) electrons. The van der Waals surface area contributed by atoms with Crippen LogP contribution >= 0.6 is 0 Å². The number of benzene rings is 1. The summed E-state index contributed by atoms with van der Waals surface area (Å²) in [5.41, 5.74) is 4.80. The molecule has 1 aromatic carbocycles. The third-order valence-corrected chi connectivity index (χ3v) is 4.68. The average molecular weight is 369 g/mol. The van der Waals surface area contributed by atoms with Gasteiger partial charge in [-0.25, -0.2) is 0 Å². The number of nitrogens with one attached hydrogen (secondary N) is 2. The standard InChI is InChI=1S/C22H32N4O/c1-5-8-9-12-24-22(27)18-14-19(16-23-15-18)25-21-11-10-20(13-17(21)4)26(6-2)7-3/h10-11,13-16,25H,5-9,12H2,1-4H3,(H,24,27). The zero-order valence-electron chi connectivity index (χ0n) is 17.0. The molecule has 27 heavy (non-hydrogen) atoms. The second-order valence-electron chi connectivity index (χ2n) is 6.72. The Hall–Kier alpha value is -2.56. The summed E-state index contributed by atoms with van der Waals surface area (Å²) in [5.74, 6) is -0.0733. The fourth-order valence-electron chi connectivity index (χ4n) is 3.04. The van der Waals surface area contributed by atoms with Gasteiger partial charge in [-0.3, -0.25) is 9.78 Å². The second kappa shape index (κ2) is 10.6. The molecule has 2 N–H and O–H groups in total. The predicted octanol–water partition coefficient (Wildman–Crippen LogP) is 4.90. The van der Waals surface area contributed by atoms with Crippen LogP contribution in [0.3, 0.4) is 0 Å². The number of carbonyl (C=O) groups excluding carboxylic acids is 1. The maximum absolute atomic E-state index is 12.3. The molecular formula is C22H32N4O. The summed E-state index contributed by atoms with van der Waals surface area (Å²) in [5, 5.41) is 6.34. The first-order valence-corrected chi connectivity index (χ1v) is 9.94. The Bertz CT molecular complexity index is 741. The minimum absolute atomic E-state index is 0.0733. The first-order valence-electron chi connectivity index (χ1n) is 9.94. The van der Waals surface area contributed by atoms with Gasteiger partial charge in [0.25, 0.3) is 5.91 Å². The molecule has 0 fully saturated rings. The van der Waals surface area contributed by atoms with Crippen molar-refractivity contribution in [2.75, 3.05) is 29.9 Å². The third-order valence-electron chi connectivity index (χ3n) is 4.68. The Morgan fingerprint density at radius 3 is 2.52 bits per heavy atom. The number of nitrogens with zero attached hydrogens (tertiary/aromatic N) is 2. The lowest BCUT2D eigenvalue weighted by Crippen LogP contribution is -2.24. The van der Waals surface area contributed by atoms with E-state index in [0.29, 0.717) is 12.1 Å². The van der Waals surface area contributed by atoms with Crippen molar-refractivity contribution in [3.63, 3.8) is 0 Å². The van der Waals surface area contributed by atoms with Crippen LogP contribution in [0.25, 0.3) is 0 Å². The van der Waals surface area contributed by atoms with E-state index < -0.39 is 0 Å². The number of hydrogen-bond donors (Lipinski definition) is 2. The molecule has 146 valence electrons. The number of rotatable bonds is 10. The molecule has 0 spiro atoms. The second-order valence-corrected chi connectivity index (χ2v) is 6.72. The number of pyridine rings is 1. The molecule has 0 saturated carbocycles. The molecule has 5 nitrogen and oxygen atoms in total. The molecule has 0 unspecified atom stereocenters. The molecule has 1 aromatic heterocycles. The Kier molecular flexibility index (Phi) is 8.11. The highest BCUT2D eigenvalue weighted by molar-refractivity contribution is 5.94. The van der Waals surface area contributed by atoms with Gasteiger partial charge in [-0.05, 0) is 57.0 Å². The van der Waals surface area contributed by atoms with Crippen LogP contribution in [0.15, 0.2) is 36.7 Å². The first-order chi connectivity index (χ1) is 13.1. The highest BCUT2D eigenvalue weighted by Gasteiger charge is 2.09. The smallest absolute Gasteiger partial charge is 0.252 e. The zero-order valence-corrected chi connectivity index (χ0v) is 17.0. The minimum atomic E-state index is -0.0733. The minimum Gasteiger partial charge on any atom is -0.372 e. The molecule has 0 aliphatic carbocycles. The van der Waals surface area contributed by atoms with E-state index in [9.17, 15) is 4.79 Å². The van der Waals surface area contributed by atoms with Crippen LogP contribution in [0.2, 0.25) is 0 Å². The summed E-state index contributed by atoms with van der Waals surface area (Å²) < 4.78 is 0. The molecule has 5 heteroatoms. The van der Waals surface area contributed by atoms with Crippen molar-refractivity contribution in [1.82, 2.24) is 10.3 Å². The number of aromatic nitrogens is 1. The van der Waals surface area contributed by atoms with E-state index in [0.717, 1.165) is 49.3 Å². The van der Waals surface area contributed by atoms with Gasteiger partial charge in [-0.1, -0.05) is 19.8 Å². The van der Waals surface area contributed by atoms with E-state index in [1.807, 2.05) is 6.07 Å². The predicted molar refractivity (Wildman–Crippen MR) is 114 cm³/mol. The van der Waals surface area contributed by atoms with Crippen molar-refractivity contribution in [3.8, 4) is 0 Å². The molecule has 0 bridgehead atoms. The van der Waals surface area contributed by atoms with Crippen molar-refractivity contribution in [3.05, 3.63) is 47.8 Å². The lowest BCUT2D eigenvalue weighted by Gasteiger charge is -2.22. The SMILES string of the molecule is CCCCCNC(=O)c1cncc(Nc2ccc(N(CC)CC)cc2C)c1. The Morgan fingerprint density at radius 2 is 1.85 bits per heavy atom. The van der Waals surface area contributed by atoms with E-state index in [4.69, 9.17) is 0 Å². The maximum atomic E-state index is 12.3. The maximum Gasteiger partial charge on any atom is 0.252 e. The highest BCUT2D eigenvalue weighted by Crippen LogP contribution is 2.25. The molecule has 0 saturated heterocycles. The lowest BCUT2D eigenvalue weighted by atomic mass is 10.1. The van der Waals surface area contributed by atoms with E-state index in [1.165, 1.54) is 5.69 Å². The van der Waals surface area contributed by atoms with Gasteiger partial charge in [-0.2, -0.15) is 0 Å². The third kappa shape index (κ3) is 5.98. The Morgan fingerprint density at radius 1 is 1.07 bits per heavy atom. The van der Waals surface area contributed by atoms with Gasteiger partial charge in [-0.15, -0.1) is 0 Å². The fourth-order valence-corrected chi connectivity index (χ4v) is 3.04. The van der Waals surface area contributed by atoms with Crippen molar-refractivity contribution in [1.29, 1.82) is 0 Å². The van der Waals surface area contributed by atoms with Crippen molar-refractivity contribution >= 4 is 23.0 Å². The molecule has 1 amide bonds. The monoisotopic (exact) mass is 368 g/mol. The fraction of sp³-hybridized carbons (Fsp3) is 0.455. The van der Waals surface area contributed by atoms with Crippen molar-refractivity contribution in [2.24, 2.45) is 0 Å². The Labute approximate surface area is 163 Å². The van der Waals surface area contributed by atoms with E-state index in [-0.39, 0.29) is 5.91 Å². The van der Waals surface area contributed by atoms with E-state index in [1.54, 1.807) is 12.4 Å². The topological polar surface area (TPSA) is 57.3 Å². The average Bonchev–Trinajstić information content (AvgIpc) is 2.68. The number of anilines is 3. The summed E-state index contributed by atoms with van der Waals surface area (Å²) in [6, 6.07) is 8.24. The van der Waals surface area contributed by atoms with Gasteiger partial charge in [0.15, 0.2) is 0 Å². The van der Waals surface area contributed by atoms with Crippen LogP contribution in [-0.4, -0.2) is 30.5 Å². The van der Waals surface area contributed by atoms with Crippen molar-refractivity contribution in [2.45, 2.75) is 47.0 Å². The number of carbonyl (C=O) groups is 1. The number of amides is 1. The van der Waals surface area contributed by atoms with E-state index >= 15 is 0 Å². The van der Waals surface area contributed by atoms with Gasteiger partial charge in [0.1, 0.15) is 0 Å². The molecule has 1 heterocycles. The number of aryl methyl sites for hydroxylation is 1. The summed E-state index contributed by atoms with van der Waals surface area (Å²) in [4.78, 5) is 18.8. The van der Waals surface area contributed by atoms with Crippen LogP contribution in [0.1, 0.15) is 56.0 Å². The van der Waals surface area contributed by atoms with Gasteiger partial charge < -0.3 is 15.5 Å². The molecule has 0 aliphatic rings. The normalized spacial score (nSPS) is 10.5. The molecule has 2 aromatic rings. The number of unbranched alkanes of at least 4 members (excludes halogenated alkanes) is 2. The van der Waals surface area contributed by atoms with Crippen LogP contribution in [0.4, 0.5) is 17.1 Å². The molecule has 0 aliphatic heterocycles. The summed E-state index contributed by atoms with van der Waals surface area (Å²) >= 11 is 0. The van der Waals surface area contributed by atoms with Crippen LogP contribution in [0.5, 0.6) is 0 Å². The van der Waals surface area contributed by atoms with Gasteiger partial charge in [0, 0.05) is 37.2 Å². The molecular weight excluding hydrogens is 336 g/mol.